The first-order chi connectivity index (χ1) is 8.47. The van der Waals surface area contributed by atoms with Crippen LogP contribution in [0.4, 0.5) is 5.69 Å². The number of hydrogen-bond acceptors (Lipinski definition) is 5. The van der Waals surface area contributed by atoms with Gasteiger partial charge in [-0.15, -0.1) is 0 Å². The summed E-state index contributed by atoms with van der Waals surface area (Å²) < 4.78 is 6.45. The molecule has 94 valence electrons. The van der Waals surface area contributed by atoms with Crippen molar-refractivity contribution in [3.05, 3.63) is 45.7 Å². The fraction of sp³-hybridized carbons (Fsp3) is 0.200. The average Bonchev–Trinajstić information content (AvgIpc) is 2.85. The molecule has 0 aromatic carbocycles. The van der Waals surface area contributed by atoms with Gasteiger partial charge >= 0.3 is 11.7 Å². The Morgan fingerprint density at radius 2 is 2.33 bits per heavy atom. The molecule has 8 nitrogen and oxygen atoms in total. The third-order valence-electron chi connectivity index (χ3n) is 2.26. The van der Waals surface area contributed by atoms with Crippen LogP contribution >= 0.6 is 0 Å². The minimum atomic E-state index is -1.43. The maximum absolute atomic E-state index is 10.8. The average molecular weight is 251 g/mol. The lowest BCUT2D eigenvalue weighted by atomic mass is 10.4. The van der Waals surface area contributed by atoms with Crippen LogP contribution in [0.3, 0.4) is 0 Å². The van der Waals surface area contributed by atoms with Gasteiger partial charge in [0, 0.05) is 0 Å². The van der Waals surface area contributed by atoms with Crippen molar-refractivity contribution in [1.29, 1.82) is 0 Å². The number of aryl methyl sites for hydroxylation is 1. The molecule has 0 unspecified atom stereocenters. The molecule has 0 spiro atoms. The smallest absolute Gasteiger partial charge is 0.363 e. The van der Waals surface area contributed by atoms with Gasteiger partial charge in [-0.2, -0.15) is 5.10 Å². The Morgan fingerprint density at radius 1 is 1.61 bits per heavy atom. The van der Waals surface area contributed by atoms with Gasteiger partial charge < -0.3 is 9.52 Å². The highest BCUT2D eigenvalue weighted by Crippen LogP contribution is 2.18. The van der Waals surface area contributed by atoms with Crippen LogP contribution in [0.5, 0.6) is 0 Å². The number of furan rings is 1. The maximum atomic E-state index is 10.8. The lowest BCUT2D eigenvalue weighted by Gasteiger charge is -1.95. The third-order valence-corrected chi connectivity index (χ3v) is 2.26. The monoisotopic (exact) mass is 251 g/mol. The number of carboxylic acid groups (broad SMARTS) is 1. The van der Waals surface area contributed by atoms with E-state index in [1.165, 1.54) is 4.68 Å². The number of hydrogen-bond donors (Lipinski definition) is 1. The summed E-state index contributed by atoms with van der Waals surface area (Å²) in [5.74, 6) is -0.192. The lowest BCUT2D eigenvalue weighted by molar-refractivity contribution is -0.385. The molecule has 0 amide bonds. The van der Waals surface area contributed by atoms with E-state index < -0.39 is 22.3 Å². The van der Waals surface area contributed by atoms with Crippen molar-refractivity contribution < 1.29 is 19.2 Å². The third kappa shape index (κ3) is 2.21. The van der Waals surface area contributed by atoms with Crippen LogP contribution in [0, 0.1) is 17.0 Å². The Labute approximate surface area is 101 Å². The summed E-state index contributed by atoms with van der Waals surface area (Å²) in [5, 5.41) is 23.1. The first kappa shape index (κ1) is 11.8. The van der Waals surface area contributed by atoms with Crippen molar-refractivity contribution in [1.82, 2.24) is 9.78 Å². The molecule has 0 aliphatic carbocycles. The van der Waals surface area contributed by atoms with Crippen LogP contribution < -0.4 is 0 Å². The standard InChI is InChI=1S/C10H9N3O5/c1-6-2-3-7(18-6)4-12-5-8(13(16)17)9(11-12)10(14)15/h2-3,5H,4H2,1H3,(H,14,15). The van der Waals surface area contributed by atoms with Gasteiger partial charge in [-0.3, -0.25) is 14.8 Å². The van der Waals surface area contributed by atoms with Crippen LogP contribution in [0.15, 0.2) is 22.7 Å². The Hall–Kier alpha value is -2.64. The molecule has 2 aromatic rings. The van der Waals surface area contributed by atoms with Crippen LogP contribution in [0.25, 0.3) is 0 Å². The molecule has 0 radical (unpaired) electrons. The zero-order chi connectivity index (χ0) is 13.3. The number of nitrogens with zero attached hydrogens (tertiary/aromatic N) is 3. The highest BCUT2D eigenvalue weighted by atomic mass is 16.6. The van der Waals surface area contributed by atoms with Crippen molar-refractivity contribution >= 4 is 11.7 Å². The summed E-state index contributed by atoms with van der Waals surface area (Å²) in [4.78, 5) is 20.7. The topological polar surface area (TPSA) is 111 Å². The molecule has 0 aliphatic rings. The molecule has 2 aromatic heterocycles. The molecule has 0 fully saturated rings. The van der Waals surface area contributed by atoms with Crippen LogP contribution in [-0.4, -0.2) is 25.8 Å². The second-order valence-electron chi connectivity index (χ2n) is 3.64. The van der Waals surface area contributed by atoms with Gasteiger partial charge in [-0.25, -0.2) is 4.79 Å². The SMILES string of the molecule is Cc1ccc(Cn2cc([N+](=O)[O-])c(C(=O)O)n2)o1. The van der Waals surface area contributed by atoms with E-state index >= 15 is 0 Å². The zero-order valence-corrected chi connectivity index (χ0v) is 9.36. The van der Waals surface area contributed by atoms with Crippen molar-refractivity contribution in [3.63, 3.8) is 0 Å². The van der Waals surface area contributed by atoms with Gasteiger partial charge in [0.2, 0.25) is 5.69 Å². The van der Waals surface area contributed by atoms with Gasteiger partial charge in [-0.05, 0) is 19.1 Å². The minimum absolute atomic E-state index is 0.141. The molecule has 0 aliphatic heterocycles. The number of aromatic nitrogens is 2. The Bertz CT molecular complexity index is 581. The van der Waals surface area contributed by atoms with E-state index in [1.807, 2.05) is 0 Å². The molecule has 0 atom stereocenters. The summed E-state index contributed by atoms with van der Waals surface area (Å²) in [7, 11) is 0. The fourth-order valence-electron chi connectivity index (χ4n) is 1.51. The first-order valence-corrected chi connectivity index (χ1v) is 4.98. The normalized spacial score (nSPS) is 10.5. The van der Waals surface area contributed by atoms with Crippen molar-refractivity contribution in [3.8, 4) is 0 Å². The fourth-order valence-corrected chi connectivity index (χ4v) is 1.51. The van der Waals surface area contributed by atoms with Crippen molar-refractivity contribution in [2.45, 2.75) is 13.5 Å². The Morgan fingerprint density at radius 3 is 2.78 bits per heavy atom. The molecular weight excluding hydrogens is 242 g/mol. The van der Waals surface area contributed by atoms with Crippen molar-refractivity contribution in [2.75, 3.05) is 0 Å². The Balaban J connectivity index is 2.32. The summed E-state index contributed by atoms with van der Waals surface area (Å²) in [5.41, 5.74) is -1.12. The van der Waals surface area contributed by atoms with Crippen LogP contribution in [0.1, 0.15) is 22.0 Å². The van der Waals surface area contributed by atoms with E-state index in [-0.39, 0.29) is 6.54 Å². The molecular formula is C10H9N3O5. The number of carboxylic acids is 1. The zero-order valence-electron chi connectivity index (χ0n) is 9.36. The lowest BCUT2D eigenvalue weighted by Crippen LogP contribution is -2.04. The minimum Gasteiger partial charge on any atom is -0.476 e. The van der Waals surface area contributed by atoms with E-state index in [0.29, 0.717) is 11.5 Å². The number of rotatable bonds is 4. The van der Waals surface area contributed by atoms with Gasteiger partial charge in [0.15, 0.2) is 0 Å². The number of aromatic carboxylic acids is 1. The highest BCUT2D eigenvalue weighted by molar-refractivity contribution is 5.89. The van der Waals surface area contributed by atoms with E-state index in [9.17, 15) is 14.9 Å². The van der Waals surface area contributed by atoms with Gasteiger partial charge in [0.25, 0.3) is 0 Å². The van der Waals surface area contributed by atoms with Crippen molar-refractivity contribution in [2.24, 2.45) is 0 Å². The first-order valence-electron chi connectivity index (χ1n) is 4.98. The number of carbonyl (C=O) groups is 1. The molecule has 0 saturated heterocycles. The molecule has 0 saturated carbocycles. The van der Waals surface area contributed by atoms with Crippen LogP contribution in [0.2, 0.25) is 0 Å². The van der Waals surface area contributed by atoms with Gasteiger partial charge in [0.05, 0.1) is 11.5 Å². The van der Waals surface area contributed by atoms with E-state index in [0.717, 1.165) is 6.20 Å². The largest absolute Gasteiger partial charge is 0.476 e. The molecule has 2 rings (SSSR count). The Kier molecular flexibility index (Phi) is 2.84. The maximum Gasteiger partial charge on any atom is 0.363 e. The summed E-state index contributed by atoms with van der Waals surface area (Å²) in [6.45, 7) is 1.90. The second-order valence-corrected chi connectivity index (χ2v) is 3.64. The quantitative estimate of drug-likeness (QED) is 0.650. The summed E-state index contributed by atoms with van der Waals surface area (Å²) in [6, 6.07) is 3.44. The highest BCUT2D eigenvalue weighted by Gasteiger charge is 2.25. The summed E-state index contributed by atoms with van der Waals surface area (Å²) >= 11 is 0. The molecule has 1 N–H and O–H groups in total. The molecule has 8 heteroatoms. The predicted molar refractivity (Wildman–Crippen MR) is 58.4 cm³/mol. The van der Waals surface area contributed by atoms with E-state index in [2.05, 4.69) is 5.10 Å². The van der Waals surface area contributed by atoms with E-state index in [4.69, 9.17) is 9.52 Å². The predicted octanol–water partition coefficient (Wildman–Crippen LogP) is 1.44. The number of nitro groups is 1. The molecule has 0 bridgehead atoms. The second kappa shape index (κ2) is 4.32. The molecule has 18 heavy (non-hydrogen) atoms. The molecule has 2 heterocycles. The van der Waals surface area contributed by atoms with E-state index in [1.54, 1.807) is 19.1 Å². The van der Waals surface area contributed by atoms with Gasteiger partial charge in [0.1, 0.15) is 17.7 Å². The van der Waals surface area contributed by atoms with Crippen LogP contribution in [-0.2, 0) is 6.54 Å². The van der Waals surface area contributed by atoms with Gasteiger partial charge in [-0.1, -0.05) is 0 Å². The summed E-state index contributed by atoms with van der Waals surface area (Å²) in [6.07, 6.45) is 1.07.